The second-order valence-corrected chi connectivity index (χ2v) is 8.05. The van der Waals surface area contributed by atoms with Gasteiger partial charge in [0.25, 0.3) is 11.8 Å². The Balaban J connectivity index is 1.50. The van der Waals surface area contributed by atoms with Crippen LogP contribution in [-0.2, 0) is 14.3 Å². The number of hydrogen-bond donors (Lipinski definition) is 2. The first-order valence-electron chi connectivity index (χ1n) is 10.5. The second-order valence-electron chi connectivity index (χ2n) is 8.05. The fourth-order valence-electron chi connectivity index (χ4n) is 4.36. The number of nitrogens with zero attached hydrogens (tertiary/aromatic N) is 1. The number of pyridine rings is 1. The third-order valence-electron chi connectivity index (χ3n) is 5.81. The Kier molecular flexibility index (Phi) is 5.59. The van der Waals surface area contributed by atoms with Crippen molar-refractivity contribution < 1.29 is 19.1 Å². The number of carbonyl (C=O) groups excluding carboxylic acids is 3. The summed E-state index contributed by atoms with van der Waals surface area (Å²) < 4.78 is 5.45. The first-order valence-corrected chi connectivity index (χ1v) is 10.5. The van der Waals surface area contributed by atoms with Crippen LogP contribution in [0, 0.1) is 6.92 Å². The summed E-state index contributed by atoms with van der Waals surface area (Å²) in [4.78, 5) is 42.0. The maximum atomic E-state index is 12.8. The number of amides is 2. The number of rotatable bonds is 5. The van der Waals surface area contributed by atoms with Gasteiger partial charge in [0.15, 0.2) is 6.10 Å². The molecular weight excluding hydrogens is 394 g/mol. The highest BCUT2D eigenvalue weighted by Crippen LogP contribution is 2.40. The summed E-state index contributed by atoms with van der Waals surface area (Å²) in [6.07, 6.45) is 3.24. The monoisotopic (exact) mass is 419 g/mol. The first kappa shape index (κ1) is 20.8. The molecule has 2 aromatic rings. The second kappa shape index (κ2) is 8.34. The Hall–Kier alpha value is -3.48. The Morgan fingerprint density at radius 1 is 1.16 bits per heavy atom. The highest BCUT2D eigenvalue weighted by atomic mass is 16.5. The zero-order chi connectivity index (χ0) is 22.1. The molecule has 0 fully saturated rings. The van der Waals surface area contributed by atoms with Crippen LogP contribution in [0.25, 0.3) is 10.9 Å². The number of esters is 1. The number of nitrogens with two attached hydrogens (primary N) is 1. The van der Waals surface area contributed by atoms with Crippen molar-refractivity contribution in [3.63, 3.8) is 0 Å². The van der Waals surface area contributed by atoms with Crippen LogP contribution in [0.3, 0.4) is 0 Å². The van der Waals surface area contributed by atoms with Gasteiger partial charge in [0, 0.05) is 23.2 Å². The van der Waals surface area contributed by atoms with Gasteiger partial charge in [-0.3, -0.25) is 14.6 Å². The molecule has 1 aromatic heterocycles. The van der Waals surface area contributed by atoms with E-state index in [9.17, 15) is 14.4 Å². The largest absolute Gasteiger partial charge is 0.449 e. The lowest BCUT2D eigenvalue weighted by Crippen LogP contribution is -2.36. The average molecular weight is 419 g/mol. The van der Waals surface area contributed by atoms with Crippen molar-refractivity contribution in [1.82, 2.24) is 10.3 Å². The Labute approximate surface area is 180 Å². The van der Waals surface area contributed by atoms with Gasteiger partial charge < -0.3 is 15.8 Å². The number of aromatic nitrogens is 1. The zero-order valence-corrected chi connectivity index (χ0v) is 17.7. The van der Waals surface area contributed by atoms with Crippen LogP contribution in [0.1, 0.15) is 55.1 Å². The molecule has 0 saturated carbocycles. The van der Waals surface area contributed by atoms with Crippen molar-refractivity contribution in [3.8, 4) is 0 Å². The number of fused-ring (bicyclic) bond motifs is 1. The molecule has 7 heteroatoms. The van der Waals surface area contributed by atoms with Crippen LogP contribution in [0.15, 0.2) is 52.7 Å². The number of benzene rings is 1. The van der Waals surface area contributed by atoms with E-state index in [1.807, 2.05) is 18.2 Å². The summed E-state index contributed by atoms with van der Waals surface area (Å²) in [5.74, 6) is -1.63. The molecule has 0 radical (unpaired) electrons. The molecule has 1 heterocycles. The molecule has 0 aliphatic heterocycles. The lowest BCUT2D eigenvalue weighted by atomic mass is 9.91. The minimum atomic E-state index is -1.04. The molecule has 3 N–H and O–H groups in total. The van der Waals surface area contributed by atoms with Crippen molar-refractivity contribution in [3.05, 3.63) is 64.0 Å². The van der Waals surface area contributed by atoms with Crippen molar-refractivity contribution in [2.45, 2.75) is 52.1 Å². The summed E-state index contributed by atoms with van der Waals surface area (Å²) in [5.41, 5.74) is 10.4. The Morgan fingerprint density at radius 3 is 2.68 bits per heavy atom. The number of ether oxygens (including phenoxy) is 1. The van der Waals surface area contributed by atoms with Crippen molar-refractivity contribution in [2.75, 3.05) is 0 Å². The summed E-state index contributed by atoms with van der Waals surface area (Å²) in [6, 6.07) is 8.93. The highest BCUT2D eigenvalue weighted by Gasteiger charge is 2.31. The molecule has 7 nitrogen and oxygen atoms in total. The Bertz CT molecular complexity index is 1160. The molecule has 31 heavy (non-hydrogen) atoms. The van der Waals surface area contributed by atoms with Gasteiger partial charge in [-0.1, -0.05) is 23.8 Å². The van der Waals surface area contributed by atoms with E-state index in [4.69, 9.17) is 10.5 Å². The quantitative estimate of drug-likeness (QED) is 0.723. The molecule has 0 saturated heterocycles. The average Bonchev–Trinajstić information content (AvgIpc) is 3.10. The van der Waals surface area contributed by atoms with E-state index in [0.717, 1.165) is 31.3 Å². The van der Waals surface area contributed by atoms with Crippen molar-refractivity contribution in [2.24, 2.45) is 5.73 Å². The summed E-state index contributed by atoms with van der Waals surface area (Å²) >= 11 is 0. The normalized spacial score (nSPS) is 16.8. The highest BCUT2D eigenvalue weighted by molar-refractivity contribution is 6.04. The minimum absolute atomic E-state index is 0.359. The van der Waals surface area contributed by atoms with E-state index in [2.05, 4.69) is 10.3 Å². The van der Waals surface area contributed by atoms with Gasteiger partial charge in [0.2, 0.25) is 0 Å². The third-order valence-corrected chi connectivity index (χ3v) is 5.81. The summed E-state index contributed by atoms with van der Waals surface area (Å²) in [6.45, 7) is 3.31. The van der Waals surface area contributed by atoms with Crippen LogP contribution in [-0.4, -0.2) is 28.9 Å². The van der Waals surface area contributed by atoms with Gasteiger partial charge in [0.05, 0.1) is 16.7 Å². The SMILES string of the molecule is Cc1cc(C(=O)O[C@H](C)C(=O)NC2=C(C(N)=O)C3=C(CCCC3)C2)c2ccccc2n1. The molecule has 1 aromatic carbocycles. The molecule has 2 aliphatic carbocycles. The van der Waals surface area contributed by atoms with Gasteiger partial charge in [-0.05, 0) is 57.2 Å². The maximum absolute atomic E-state index is 12.8. The predicted molar refractivity (Wildman–Crippen MR) is 116 cm³/mol. The smallest absolute Gasteiger partial charge is 0.339 e. The number of allylic oxidation sites excluding steroid dienone is 1. The lowest BCUT2D eigenvalue weighted by Gasteiger charge is -2.16. The molecule has 4 rings (SSSR count). The van der Waals surface area contributed by atoms with E-state index in [-0.39, 0.29) is 0 Å². The minimum Gasteiger partial charge on any atom is -0.449 e. The summed E-state index contributed by atoms with van der Waals surface area (Å²) in [7, 11) is 0. The van der Waals surface area contributed by atoms with E-state index in [1.165, 1.54) is 12.5 Å². The maximum Gasteiger partial charge on any atom is 0.339 e. The number of nitrogens with one attached hydrogen (secondary N) is 1. The van der Waals surface area contributed by atoms with Crippen LogP contribution in [0.2, 0.25) is 0 Å². The van der Waals surface area contributed by atoms with E-state index in [0.29, 0.717) is 39.9 Å². The third kappa shape index (κ3) is 4.08. The molecule has 160 valence electrons. The first-order chi connectivity index (χ1) is 14.8. The van der Waals surface area contributed by atoms with Crippen molar-refractivity contribution in [1.29, 1.82) is 0 Å². The fourth-order valence-corrected chi connectivity index (χ4v) is 4.36. The molecule has 2 aliphatic rings. The molecule has 0 bridgehead atoms. The van der Waals surface area contributed by atoms with Gasteiger partial charge >= 0.3 is 5.97 Å². The molecular formula is C24H25N3O4. The molecule has 1 atom stereocenters. The fraction of sp³-hybridized carbons (Fsp3) is 0.333. The number of hydrogen-bond acceptors (Lipinski definition) is 5. The van der Waals surface area contributed by atoms with E-state index < -0.39 is 23.9 Å². The molecule has 0 unspecified atom stereocenters. The molecule has 2 amide bonds. The van der Waals surface area contributed by atoms with Gasteiger partial charge in [-0.15, -0.1) is 0 Å². The topological polar surface area (TPSA) is 111 Å². The number of primary amides is 1. The van der Waals surface area contributed by atoms with E-state index >= 15 is 0 Å². The Morgan fingerprint density at radius 2 is 1.90 bits per heavy atom. The number of para-hydroxylation sites is 1. The lowest BCUT2D eigenvalue weighted by molar-refractivity contribution is -0.128. The molecule has 0 spiro atoms. The van der Waals surface area contributed by atoms with Crippen molar-refractivity contribution >= 4 is 28.7 Å². The van der Waals surface area contributed by atoms with Crippen LogP contribution < -0.4 is 11.1 Å². The van der Waals surface area contributed by atoms with E-state index in [1.54, 1.807) is 19.1 Å². The van der Waals surface area contributed by atoms with Gasteiger partial charge in [-0.25, -0.2) is 4.79 Å². The zero-order valence-electron chi connectivity index (χ0n) is 17.7. The van der Waals surface area contributed by atoms with Crippen LogP contribution >= 0.6 is 0 Å². The van der Waals surface area contributed by atoms with Crippen LogP contribution in [0.5, 0.6) is 0 Å². The summed E-state index contributed by atoms with van der Waals surface area (Å²) in [5, 5.41) is 3.44. The van der Waals surface area contributed by atoms with Crippen LogP contribution in [0.4, 0.5) is 0 Å². The standard InChI is InChI=1S/C24H25N3O4/c1-13-11-18(17-9-5-6-10-19(17)26-13)24(30)31-14(2)23(29)27-20-12-15-7-3-4-8-16(15)21(20)22(25)28/h5-6,9-11,14H,3-4,7-8,12H2,1-2H3,(H2,25,28)(H,27,29)/t14-/m1/s1. The predicted octanol–water partition coefficient (Wildman–Crippen LogP) is 3.22. The van der Waals surface area contributed by atoms with Gasteiger partial charge in [-0.2, -0.15) is 0 Å². The number of carbonyl (C=O) groups is 3. The number of aryl methyl sites for hydroxylation is 1. The van der Waals surface area contributed by atoms with Gasteiger partial charge in [0.1, 0.15) is 0 Å².